The van der Waals surface area contributed by atoms with Gasteiger partial charge in [0.25, 0.3) is 0 Å². The lowest BCUT2D eigenvalue weighted by atomic mass is 9.96. The van der Waals surface area contributed by atoms with E-state index in [1.54, 1.807) is 12.4 Å². The Morgan fingerprint density at radius 1 is 1.00 bits per heavy atom. The van der Waals surface area contributed by atoms with Crippen LogP contribution in [0.4, 0.5) is 11.5 Å². The molecule has 1 atom stereocenters. The highest BCUT2D eigenvalue weighted by Gasteiger charge is 2.33. The van der Waals surface area contributed by atoms with Crippen molar-refractivity contribution in [2.24, 2.45) is 5.92 Å². The number of carbonyl (C=O) groups is 1. The zero-order valence-electron chi connectivity index (χ0n) is 16.2. The maximum Gasteiger partial charge on any atom is 0.231 e. The van der Waals surface area contributed by atoms with Gasteiger partial charge in [0.2, 0.25) is 5.91 Å². The molecule has 2 aliphatic heterocycles. The quantitative estimate of drug-likeness (QED) is 0.692. The summed E-state index contributed by atoms with van der Waals surface area (Å²) in [6.07, 6.45) is 6.38. The summed E-state index contributed by atoms with van der Waals surface area (Å²) in [7, 11) is 0. The fourth-order valence-corrected chi connectivity index (χ4v) is 4.34. The molecule has 0 bridgehead atoms. The molecule has 1 saturated heterocycles. The SMILES string of the molecule is O=C(C1CCCN(c2ccc(-c3cccnc3)nn2)C1)N1CCc2ccccc21. The number of piperidine rings is 1. The van der Waals surface area contributed by atoms with E-state index in [0.29, 0.717) is 6.54 Å². The number of anilines is 2. The molecule has 5 rings (SSSR count). The highest BCUT2D eigenvalue weighted by Crippen LogP contribution is 2.31. The molecule has 1 unspecified atom stereocenters. The highest BCUT2D eigenvalue weighted by molar-refractivity contribution is 5.97. The molecule has 0 aliphatic carbocycles. The molecule has 1 aromatic carbocycles. The Labute approximate surface area is 170 Å². The van der Waals surface area contributed by atoms with Crippen molar-refractivity contribution in [1.29, 1.82) is 0 Å². The molecule has 0 radical (unpaired) electrons. The molecule has 0 saturated carbocycles. The first-order valence-electron chi connectivity index (χ1n) is 10.2. The fourth-order valence-electron chi connectivity index (χ4n) is 4.34. The van der Waals surface area contributed by atoms with E-state index in [1.807, 2.05) is 41.3 Å². The average Bonchev–Trinajstić information content (AvgIpc) is 3.24. The lowest BCUT2D eigenvalue weighted by Crippen LogP contribution is -2.45. The van der Waals surface area contributed by atoms with E-state index in [9.17, 15) is 4.79 Å². The predicted octanol–water partition coefficient (Wildman–Crippen LogP) is 3.34. The summed E-state index contributed by atoms with van der Waals surface area (Å²) >= 11 is 0. The number of hydrogen-bond donors (Lipinski definition) is 0. The highest BCUT2D eigenvalue weighted by atomic mass is 16.2. The maximum absolute atomic E-state index is 13.2. The second-order valence-electron chi connectivity index (χ2n) is 7.67. The van der Waals surface area contributed by atoms with Crippen molar-refractivity contribution in [3.05, 3.63) is 66.5 Å². The van der Waals surface area contributed by atoms with Crippen LogP contribution in [0.2, 0.25) is 0 Å². The second kappa shape index (κ2) is 7.62. The molecule has 6 heteroatoms. The number of para-hydroxylation sites is 1. The van der Waals surface area contributed by atoms with Gasteiger partial charge in [-0.1, -0.05) is 18.2 Å². The van der Waals surface area contributed by atoms with E-state index in [-0.39, 0.29) is 11.8 Å². The van der Waals surface area contributed by atoms with Crippen molar-refractivity contribution in [2.75, 3.05) is 29.4 Å². The predicted molar refractivity (Wildman–Crippen MR) is 113 cm³/mol. The van der Waals surface area contributed by atoms with Crippen molar-refractivity contribution < 1.29 is 4.79 Å². The summed E-state index contributed by atoms with van der Waals surface area (Å²) in [4.78, 5) is 21.5. The van der Waals surface area contributed by atoms with Gasteiger partial charge in [0.1, 0.15) is 0 Å². The zero-order chi connectivity index (χ0) is 19.6. The molecule has 1 amide bonds. The van der Waals surface area contributed by atoms with Crippen LogP contribution in [0, 0.1) is 5.92 Å². The minimum absolute atomic E-state index is 0.00490. The molecule has 2 aliphatic rings. The Bertz CT molecular complexity index is 1010. The van der Waals surface area contributed by atoms with Gasteiger partial charge in [-0.2, -0.15) is 0 Å². The summed E-state index contributed by atoms with van der Waals surface area (Å²) in [6.45, 7) is 2.38. The second-order valence-corrected chi connectivity index (χ2v) is 7.67. The van der Waals surface area contributed by atoms with Crippen LogP contribution in [-0.4, -0.2) is 40.7 Å². The number of hydrogen-bond acceptors (Lipinski definition) is 5. The Hall–Kier alpha value is -3.28. The van der Waals surface area contributed by atoms with Gasteiger partial charge in [-0.05, 0) is 55.2 Å². The Morgan fingerprint density at radius 3 is 2.76 bits per heavy atom. The van der Waals surface area contributed by atoms with E-state index >= 15 is 0 Å². The molecule has 146 valence electrons. The Kier molecular flexibility index (Phi) is 4.68. The van der Waals surface area contributed by atoms with E-state index in [2.05, 4.69) is 32.2 Å². The largest absolute Gasteiger partial charge is 0.354 e. The van der Waals surface area contributed by atoms with Crippen LogP contribution in [0.5, 0.6) is 0 Å². The molecule has 0 N–H and O–H groups in total. The number of rotatable bonds is 3. The van der Waals surface area contributed by atoms with E-state index in [0.717, 1.165) is 55.1 Å². The number of pyridine rings is 1. The lowest BCUT2D eigenvalue weighted by molar-refractivity contribution is -0.122. The van der Waals surface area contributed by atoms with Crippen LogP contribution >= 0.6 is 0 Å². The molecular formula is C23H23N5O. The van der Waals surface area contributed by atoms with Crippen LogP contribution in [0.15, 0.2) is 60.9 Å². The van der Waals surface area contributed by atoms with Crippen LogP contribution in [0.25, 0.3) is 11.3 Å². The van der Waals surface area contributed by atoms with Crippen LogP contribution in [-0.2, 0) is 11.2 Å². The number of fused-ring (bicyclic) bond motifs is 1. The molecule has 6 nitrogen and oxygen atoms in total. The number of nitrogens with zero attached hydrogens (tertiary/aromatic N) is 5. The van der Waals surface area contributed by atoms with Gasteiger partial charge in [-0.25, -0.2) is 0 Å². The molecule has 3 aromatic rings. The summed E-state index contributed by atoms with van der Waals surface area (Å²) in [5.74, 6) is 1.06. The third-order valence-electron chi connectivity index (χ3n) is 5.86. The number of amides is 1. The minimum Gasteiger partial charge on any atom is -0.354 e. The Balaban J connectivity index is 1.30. The molecular weight excluding hydrogens is 362 g/mol. The van der Waals surface area contributed by atoms with E-state index < -0.39 is 0 Å². The van der Waals surface area contributed by atoms with Gasteiger partial charge in [0.15, 0.2) is 5.82 Å². The van der Waals surface area contributed by atoms with Crippen molar-refractivity contribution in [3.8, 4) is 11.3 Å². The third kappa shape index (κ3) is 3.46. The summed E-state index contributed by atoms with van der Waals surface area (Å²) in [5.41, 5.74) is 4.10. The summed E-state index contributed by atoms with van der Waals surface area (Å²) in [5, 5.41) is 8.80. The van der Waals surface area contributed by atoms with Crippen LogP contribution in [0.3, 0.4) is 0 Å². The fraction of sp³-hybridized carbons (Fsp3) is 0.304. The number of carbonyl (C=O) groups excluding carboxylic acids is 1. The lowest BCUT2D eigenvalue weighted by Gasteiger charge is -2.34. The maximum atomic E-state index is 13.2. The summed E-state index contributed by atoms with van der Waals surface area (Å²) < 4.78 is 0. The van der Waals surface area contributed by atoms with Gasteiger partial charge in [0, 0.05) is 43.3 Å². The van der Waals surface area contributed by atoms with Gasteiger partial charge in [0.05, 0.1) is 11.6 Å². The first kappa shape index (κ1) is 17.8. The van der Waals surface area contributed by atoms with Crippen molar-refractivity contribution in [2.45, 2.75) is 19.3 Å². The first-order chi connectivity index (χ1) is 14.3. The average molecular weight is 385 g/mol. The van der Waals surface area contributed by atoms with E-state index in [1.165, 1.54) is 5.56 Å². The van der Waals surface area contributed by atoms with Gasteiger partial charge < -0.3 is 9.80 Å². The summed E-state index contributed by atoms with van der Waals surface area (Å²) in [6, 6.07) is 16.1. The van der Waals surface area contributed by atoms with Gasteiger partial charge in [-0.15, -0.1) is 10.2 Å². The number of benzene rings is 1. The zero-order valence-corrected chi connectivity index (χ0v) is 16.2. The van der Waals surface area contributed by atoms with Crippen molar-refractivity contribution >= 4 is 17.4 Å². The van der Waals surface area contributed by atoms with Crippen molar-refractivity contribution in [3.63, 3.8) is 0 Å². The van der Waals surface area contributed by atoms with Crippen molar-refractivity contribution in [1.82, 2.24) is 15.2 Å². The smallest absolute Gasteiger partial charge is 0.231 e. The first-order valence-corrected chi connectivity index (χ1v) is 10.2. The van der Waals surface area contributed by atoms with Crippen LogP contribution < -0.4 is 9.80 Å². The minimum atomic E-state index is -0.00490. The molecule has 2 aromatic heterocycles. The normalized spacial score (nSPS) is 18.6. The third-order valence-corrected chi connectivity index (χ3v) is 5.86. The monoisotopic (exact) mass is 385 g/mol. The molecule has 0 spiro atoms. The Morgan fingerprint density at radius 2 is 1.93 bits per heavy atom. The van der Waals surface area contributed by atoms with E-state index in [4.69, 9.17) is 0 Å². The molecule has 29 heavy (non-hydrogen) atoms. The molecule has 4 heterocycles. The molecule has 1 fully saturated rings. The topological polar surface area (TPSA) is 62.2 Å². The van der Waals surface area contributed by atoms with Gasteiger partial charge in [-0.3, -0.25) is 9.78 Å². The standard InChI is InChI=1S/C23H23N5O/c29-23(28-14-11-17-5-1-2-8-21(17)28)19-7-4-13-27(16-19)22-10-9-20(25-26-22)18-6-3-12-24-15-18/h1-3,5-6,8-10,12,15,19H,4,7,11,13-14,16H2. The number of aromatic nitrogens is 3. The van der Waals surface area contributed by atoms with Gasteiger partial charge >= 0.3 is 0 Å². The van der Waals surface area contributed by atoms with Crippen LogP contribution in [0.1, 0.15) is 18.4 Å².